The van der Waals surface area contributed by atoms with E-state index < -0.39 is 6.61 Å². The van der Waals surface area contributed by atoms with Gasteiger partial charge in [0, 0.05) is 18.0 Å². The second kappa shape index (κ2) is 4.80. The van der Waals surface area contributed by atoms with Crippen molar-refractivity contribution in [2.75, 3.05) is 5.73 Å². The van der Waals surface area contributed by atoms with Gasteiger partial charge in [0.05, 0.1) is 11.9 Å². The zero-order chi connectivity index (χ0) is 14.1. The molecule has 0 bridgehead atoms. The Morgan fingerprint density at radius 2 is 2.25 bits per heavy atom. The molecule has 2 N–H and O–H groups in total. The van der Waals surface area contributed by atoms with Crippen molar-refractivity contribution in [3.63, 3.8) is 0 Å². The lowest BCUT2D eigenvalue weighted by molar-refractivity contribution is -0.0504. The molecule has 0 unspecified atom stereocenters. The molecule has 0 saturated heterocycles. The van der Waals surface area contributed by atoms with Crippen LogP contribution in [0.15, 0.2) is 35.1 Å². The van der Waals surface area contributed by atoms with Crippen LogP contribution in [0.5, 0.6) is 5.75 Å². The van der Waals surface area contributed by atoms with Crippen LogP contribution < -0.4 is 10.5 Å². The number of alkyl halides is 2. The molecule has 2 heterocycles. The summed E-state index contributed by atoms with van der Waals surface area (Å²) in [5, 5.41) is 8.05. The fourth-order valence-corrected chi connectivity index (χ4v) is 1.92. The molecule has 104 valence electrons. The smallest absolute Gasteiger partial charge is 0.387 e. The van der Waals surface area contributed by atoms with E-state index in [0.29, 0.717) is 16.5 Å². The van der Waals surface area contributed by atoms with Crippen molar-refractivity contribution in [2.24, 2.45) is 0 Å². The van der Waals surface area contributed by atoms with Crippen LogP contribution in [0.3, 0.4) is 0 Å². The van der Waals surface area contributed by atoms with Gasteiger partial charge in [-0.1, -0.05) is 5.16 Å². The number of hydrogen-bond acceptors (Lipinski definition) is 5. The molecule has 0 aliphatic carbocycles. The fraction of sp³-hybridized carbons (Fsp3) is 0.167. The van der Waals surface area contributed by atoms with E-state index in [4.69, 9.17) is 10.3 Å². The number of fused-ring (bicyclic) bond motifs is 1. The third-order valence-electron chi connectivity index (χ3n) is 2.79. The topological polar surface area (TPSA) is 79.1 Å². The fourth-order valence-electron chi connectivity index (χ4n) is 1.92. The van der Waals surface area contributed by atoms with Crippen molar-refractivity contribution in [3.05, 3.63) is 36.2 Å². The molecule has 0 aliphatic rings. The standard InChI is InChI=1S/C12H10F2N4O2/c13-12(14)19-9-5-8-10(20-17-11(8)15)4-7(9)6-18-3-1-2-16-18/h1-5,12H,6H2,(H2,15,17). The lowest BCUT2D eigenvalue weighted by atomic mass is 10.1. The van der Waals surface area contributed by atoms with Gasteiger partial charge in [-0.3, -0.25) is 4.68 Å². The van der Waals surface area contributed by atoms with Gasteiger partial charge in [0.1, 0.15) is 5.75 Å². The Kier molecular flexibility index (Phi) is 2.97. The SMILES string of the molecule is Nc1noc2cc(Cn3cccn3)c(OC(F)F)cc12. The molecule has 8 heteroatoms. The van der Waals surface area contributed by atoms with Crippen LogP contribution in [0.25, 0.3) is 11.0 Å². The number of benzene rings is 1. The first kappa shape index (κ1) is 12.4. The first-order chi connectivity index (χ1) is 9.63. The van der Waals surface area contributed by atoms with E-state index in [1.807, 2.05) is 0 Å². The van der Waals surface area contributed by atoms with E-state index in [-0.39, 0.29) is 18.1 Å². The maximum absolute atomic E-state index is 12.5. The summed E-state index contributed by atoms with van der Waals surface area (Å²) in [4.78, 5) is 0. The lowest BCUT2D eigenvalue weighted by Gasteiger charge is -2.10. The number of nitrogens with two attached hydrogens (primary N) is 1. The monoisotopic (exact) mass is 280 g/mol. The summed E-state index contributed by atoms with van der Waals surface area (Å²) in [5.74, 6) is 0.155. The second-order valence-electron chi connectivity index (χ2n) is 4.11. The molecule has 0 radical (unpaired) electrons. The summed E-state index contributed by atoms with van der Waals surface area (Å²) in [6, 6.07) is 4.70. The van der Waals surface area contributed by atoms with E-state index in [1.165, 1.54) is 6.07 Å². The molecule has 3 rings (SSSR count). The van der Waals surface area contributed by atoms with E-state index >= 15 is 0 Å². The highest BCUT2D eigenvalue weighted by atomic mass is 19.3. The van der Waals surface area contributed by atoms with Crippen LogP contribution in [-0.4, -0.2) is 21.5 Å². The number of nitrogens with zero attached hydrogens (tertiary/aromatic N) is 3. The molecule has 6 nitrogen and oxygen atoms in total. The minimum absolute atomic E-state index is 0.0258. The van der Waals surface area contributed by atoms with Crippen LogP contribution >= 0.6 is 0 Å². The number of nitrogen functional groups attached to an aromatic ring is 1. The van der Waals surface area contributed by atoms with Crippen molar-refractivity contribution in [2.45, 2.75) is 13.2 Å². The molecule has 0 atom stereocenters. The van der Waals surface area contributed by atoms with Crippen LogP contribution in [0.2, 0.25) is 0 Å². The highest BCUT2D eigenvalue weighted by Gasteiger charge is 2.15. The van der Waals surface area contributed by atoms with Gasteiger partial charge in [-0.15, -0.1) is 0 Å². The third kappa shape index (κ3) is 2.27. The second-order valence-corrected chi connectivity index (χ2v) is 4.11. The molecule has 0 saturated carbocycles. The zero-order valence-electron chi connectivity index (χ0n) is 10.2. The third-order valence-corrected chi connectivity index (χ3v) is 2.79. The van der Waals surface area contributed by atoms with E-state index in [0.717, 1.165) is 0 Å². The molecule has 20 heavy (non-hydrogen) atoms. The summed E-state index contributed by atoms with van der Waals surface area (Å²) in [6.07, 6.45) is 3.31. The highest BCUT2D eigenvalue weighted by Crippen LogP contribution is 2.30. The van der Waals surface area contributed by atoms with Crippen molar-refractivity contribution in [1.29, 1.82) is 0 Å². The Morgan fingerprint density at radius 1 is 1.40 bits per heavy atom. The lowest BCUT2D eigenvalue weighted by Crippen LogP contribution is -2.07. The number of anilines is 1. The average Bonchev–Trinajstić information content (AvgIpc) is 3.01. The molecule has 0 amide bonds. The summed E-state index contributed by atoms with van der Waals surface area (Å²) < 4.78 is 36.1. The molecular weight excluding hydrogens is 270 g/mol. The molecule has 3 aromatic rings. The predicted molar refractivity (Wildman–Crippen MR) is 66.4 cm³/mol. The molecule has 0 spiro atoms. The maximum atomic E-state index is 12.5. The van der Waals surface area contributed by atoms with Crippen molar-refractivity contribution in [1.82, 2.24) is 14.9 Å². The Morgan fingerprint density at radius 3 is 2.95 bits per heavy atom. The Balaban J connectivity index is 2.07. The number of aromatic nitrogens is 3. The summed E-state index contributed by atoms with van der Waals surface area (Å²) in [5.41, 5.74) is 6.50. The van der Waals surface area contributed by atoms with Crippen LogP contribution in [0, 0.1) is 0 Å². The predicted octanol–water partition coefficient (Wildman–Crippen LogP) is 2.26. The van der Waals surface area contributed by atoms with Gasteiger partial charge in [0.25, 0.3) is 0 Å². The van der Waals surface area contributed by atoms with Crippen molar-refractivity contribution in [3.8, 4) is 5.75 Å². The van der Waals surface area contributed by atoms with Gasteiger partial charge in [-0.2, -0.15) is 13.9 Å². The summed E-state index contributed by atoms with van der Waals surface area (Å²) >= 11 is 0. The maximum Gasteiger partial charge on any atom is 0.387 e. The van der Waals surface area contributed by atoms with Crippen LogP contribution in [-0.2, 0) is 6.54 Å². The quantitative estimate of drug-likeness (QED) is 0.793. The molecule has 0 aliphatic heterocycles. The van der Waals surface area contributed by atoms with Crippen LogP contribution in [0.4, 0.5) is 14.6 Å². The molecule has 2 aromatic heterocycles. The largest absolute Gasteiger partial charge is 0.434 e. The van der Waals surface area contributed by atoms with E-state index in [2.05, 4.69) is 15.0 Å². The van der Waals surface area contributed by atoms with Gasteiger partial charge in [-0.05, 0) is 18.2 Å². The number of halogens is 2. The number of ether oxygens (including phenoxy) is 1. The summed E-state index contributed by atoms with van der Waals surface area (Å²) in [6.45, 7) is -2.66. The van der Waals surface area contributed by atoms with Gasteiger partial charge >= 0.3 is 6.61 Å². The molecule has 1 aromatic carbocycles. The van der Waals surface area contributed by atoms with Crippen molar-refractivity contribution < 1.29 is 18.0 Å². The Labute approximate surface area is 111 Å². The van der Waals surface area contributed by atoms with E-state index in [1.54, 1.807) is 29.2 Å². The minimum Gasteiger partial charge on any atom is -0.434 e. The normalized spacial score (nSPS) is 11.3. The van der Waals surface area contributed by atoms with Gasteiger partial charge in [0.15, 0.2) is 11.4 Å². The minimum atomic E-state index is -2.93. The van der Waals surface area contributed by atoms with Gasteiger partial charge < -0.3 is 15.0 Å². The van der Waals surface area contributed by atoms with Gasteiger partial charge in [-0.25, -0.2) is 0 Å². The molecular formula is C12H10F2N4O2. The van der Waals surface area contributed by atoms with Crippen LogP contribution in [0.1, 0.15) is 5.56 Å². The highest BCUT2D eigenvalue weighted by molar-refractivity contribution is 5.88. The molecule has 0 fully saturated rings. The van der Waals surface area contributed by atoms with E-state index in [9.17, 15) is 8.78 Å². The summed E-state index contributed by atoms with van der Waals surface area (Å²) in [7, 11) is 0. The van der Waals surface area contributed by atoms with Crippen molar-refractivity contribution >= 4 is 16.8 Å². The first-order valence-electron chi connectivity index (χ1n) is 5.73. The average molecular weight is 280 g/mol. The number of rotatable bonds is 4. The Bertz CT molecular complexity index is 724. The Hall–Kier alpha value is -2.64. The first-order valence-corrected chi connectivity index (χ1v) is 5.73. The van der Waals surface area contributed by atoms with Gasteiger partial charge in [0.2, 0.25) is 0 Å². The number of hydrogen-bond donors (Lipinski definition) is 1. The zero-order valence-corrected chi connectivity index (χ0v) is 10.2.